The number of hydrogen-bond donors (Lipinski definition) is 2. The number of phenols is 1. The number of nitrogens with one attached hydrogen (secondary N) is 1. The van der Waals surface area contributed by atoms with Crippen LogP contribution < -0.4 is 10.1 Å². The van der Waals surface area contributed by atoms with Crippen LogP contribution in [0.2, 0.25) is 0 Å². The molecule has 0 fully saturated rings. The summed E-state index contributed by atoms with van der Waals surface area (Å²) in [5.74, 6) is 0.795. The topological polar surface area (TPSA) is 41.5 Å². The average Bonchev–Trinajstić information content (AvgIpc) is 2.04. The maximum Gasteiger partial charge on any atom is 0.184 e. The predicted molar refractivity (Wildman–Crippen MR) is 46.8 cm³/mol. The first kappa shape index (κ1) is 7.28. The quantitative estimate of drug-likeness (QED) is 0.612. The number of phenolic OH excluding ortho intramolecular Hbond substituents is 1. The molecule has 1 aromatic carbocycles. The van der Waals surface area contributed by atoms with Crippen molar-refractivity contribution in [2.45, 2.75) is 6.92 Å². The Balaban J connectivity index is 2.53. The van der Waals surface area contributed by atoms with E-state index >= 15 is 0 Å². The number of ether oxygens (including phenoxy) is 1. The van der Waals surface area contributed by atoms with E-state index in [0.717, 1.165) is 17.8 Å². The lowest BCUT2D eigenvalue weighted by Gasteiger charge is -2.20. The molecular formula is C9H11NO2. The molecule has 0 unspecified atom stereocenters. The van der Waals surface area contributed by atoms with Gasteiger partial charge in [-0.05, 0) is 24.6 Å². The van der Waals surface area contributed by atoms with Gasteiger partial charge in [0.15, 0.2) is 11.5 Å². The van der Waals surface area contributed by atoms with Crippen LogP contribution in [0, 0.1) is 6.92 Å². The second-order valence-electron chi connectivity index (χ2n) is 2.94. The minimum Gasteiger partial charge on any atom is -0.504 e. The Kier molecular flexibility index (Phi) is 1.57. The van der Waals surface area contributed by atoms with Crippen LogP contribution in [0.1, 0.15) is 5.56 Å². The third-order valence-corrected chi connectivity index (χ3v) is 1.88. The number of anilines is 1. The maximum atomic E-state index is 9.47. The molecule has 0 atom stereocenters. The van der Waals surface area contributed by atoms with E-state index in [9.17, 15) is 5.11 Å². The fourth-order valence-electron chi connectivity index (χ4n) is 1.38. The predicted octanol–water partition coefficient (Wildman–Crippen LogP) is 1.50. The second kappa shape index (κ2) is 2.59. The standard InChI is InChI=1S/C9H11NO2/c1-6-4-7-9(8(11)5-6)12-3-2-10-7/h4-5,10-11H,2-3H2,1H3. The van der Waals surface area contributed by atoms with E-state index in [2.05, 4.69) is 5.32 Å². The molecule has 3 heteroatoms. The lowest BCUT2D eigenvalue weighted by Crippen LogP contribution is -2.18. The fourth-order valence-corrected chi connectivity index (χ4v) is 1.38. The third kappa shape index (κ3) is 1.07. The smallest absolute Gasteiger partial charge is 0.184 e. The van der Waals surface area contributed by atoms with E-state index in [-0.39, 0.29) is 5.75 Å². The second-order valence-corrected chi connectivity index (χ2v) is 2.94. The highest BCUT2D eigenvalue weighted by molar-refractivity contribution is 5.65. The number of rotatable bonds is 0. The summed E-state index contributed by atoms with van der Waals surface area (Å²) in [6.45, 7) is 3.36. The third-order valence-electron chi connectivity index (χ3n) is 1.88. The number of aryl methyl sites for hydroxylation is 1. The first-order valence-electron chi connectivity index (χ1n) is 3.97. The van der Waals surface area contributed by atoms with Crippen molar-refractivity contribution in [1.82, 2.24) is 0 Å². The molecule has 1 heterocycles. The summed E-state index contributed by atoms with van der Waals surface area (Å²) in [5.41, 5.74) is 1.92. The molecule has 0 amide bonds. The highest BCUT2D eigenvalue weighted by atomic mass is 16.5. The number of fused-ring (bicyclic) bond motifs is 1. The van der Waals surface area contributed by atoms with Gasteiger partial charge in [0.05, 0.1) is 5.69 Å². The molecule has 0 radical (unpaired) electrons. The van der Waals surface area contributed by atoms with Crippen molar-refractivity contribution in [3.05, 3.63) is 17.7 Å². The summed E-state index contributed by atoms with van der Waals surface area (Å²) in [7, 11) is 0. The van der Waals surface area contributed by atoms with Crippen LogP contribution in [0.3, 0.4) is 0 Å². The van der Waals surface area contributed by atoms with Crippen LogP contribution in [0.25, 0.3) is 0 Å². The van der Waals surface area contributed by atoms with Gasteiger partial charge in [-0.3, -0.25) is 0 Å². The molecule has 0 saturated carbocycles. The minimum absolute atomic E-state index is 0.220. The number of benzene rings is 1. The van der Waals surface area contributed by atoms with Crippen molar-refractivity contribution in [2.75, 3.05) is 18.5 Å². The van der Waals surface area contributed by atoms with Crippen molar-refractivity contribution in [3.8, 4) is 11.5 Å². The number of aromatic hydroxyl groups is 1. The van der Waals surface area contributed by atoms with Crippen LogP contribution >= 0.6 is 0 Å². The van der Waals surface area contributed by atoms with Crippen molar-refractivity contribution < 1.29 is 9.84 Å². The lowest BCUT2D eigenvalue weighted by atomic mass is 10.2. The summed E-state index contributed by atoms with van der Waals surface area (Å²) < 4.78 is 5.30. The monoisotopic (exact) mass is 165 g/mol. The molecular weight excluding hydrogens is 154 g/mol. The molecule has 3 nitrogen and oxygen atoms in total. The molecule has 2 rings (SSSR count). The van der Waals surface area contributed by atoms with Gasteiger partial charge in [0.2, 0.25) is 0 Å². The Morgan fingerprint density at radius 2 is 2.33 bits per heavy atom. The van der Waals surface area contributed by atoms with E-state index in [1.54, 1.807) is 6.07 Å². The molecule has 0 saturated heterocycles. The molecule has 64 valence electrons. The Morgan fingerprint density at radius 3 is 3.17 bits per heavy atom. The molecule has 0 bridgehead atoms. The Morgan fingerprint density at radius 1 is 1.50 bits per heavy atom. The Labute approximate surface area is 71.0 Å². The number of hydrogen-bond acceptors (Lipinski definition) is 3. The highest BCUT2D eigenvalue weighted by Crippen LogP contribution is 2.37. The molecule has 0 spiro atoms. The lowest BCUT2D eigenvalue weighted by molar-refractivity contribution is 0.303. The van der Waals surface area contributed by atoms with Crippen LogP contribution in [-0.4, -0.2) is 18.3 Å². The largest absolute Gasteiger partial charge is 0.504 e. The van der Waals surface area contributed by atoms with E-state index in [0.29, 0.717) is 12.4 Å². The first-order valence-corrected chi connectivity index (χ1v) is 3.97. The first-order chi connectivity index (χ1) is 5.77. The van der Waals surface area contributed by atoms with Gasteiger partial charge >= 0.3 is 0 Å². The molecule has 1 aliphatic heterocycles. The van der Waals surface area contributed by atoms with Crippen molar-refractivity contribution in [3.63, 3.8) is 0 Å². The van der Waals surface area contributed by atoms with Gasteiger partial charge in [-0.1, -0.05) is 0 Å². The van der Waals surface area contributed by atoms with Crippen LogP contribution in [-0.2, 0) is 0 Å². The zero-order valence-corrected chi connectivity index (χ0v) is 6.92. The normalized spacial score (nSPS) is 14.4. The fraction of sp³-hybridized carbons (Fsp3) is 0.333. The van der Waals surface area contributed by atoms with E-state index in [1.165, 1.54) is 0 Å². The van der Waals surface area contributed by atoms with Gasteiger partial charge < -0.3 is 15.2 Å². The minimum atomic E-state index is 0.220. The van der Waals surface area contributed by atoms with E-state index in [4.69, 9.17) is 4.74 Å². The van der Waals surface area contributed by atoms with Gasteiger partial charge in [0.1, 0.15) is 6.61 Å². The van der Waals surface area contributed by atoms with Gasteiger partial charge in [-0.15, -0.1) is 0 Å². The van der Waals surface area contributed by atoms with Crippen LogP contribution in [0.5, 0.6) is 11.5 Å². The molecule has 0 aliphatic carbocycles. The molecule has 1 aromatic rings. The summed E-state index contributed by atoms with van der Waals surface area (Å²) in [5, 5.41) is 12.6. The summed E-state index contributed by atoms with van der Waals surface area (Å²) >= 11 is 0. The van der Waals surface area contributed by atoms with Gasteiger partial charge in [0, 0.05) is 6.54 Å². The average molecular weight is 165 g/mol. The molecule has 12 heavy (non-hydrogen) atoms. The van der Waals surface area contributed by atoms with E-state index < -0.39 is 0 Å². The maximum absolute atomic E-state index is 9.47. The van der Waals surface area contributed by atoms with Crippen LogP contribution in [0.15, 0.2) is 12.1 Å². The zero-order chi connectivity index (χ0) is 8.55. The van der Waals surface area contributed by atoms with Gasteiger partial charge in [-0.2, -0.15) is 0 Å². The van der Waals surface area contributed by atoms with Crippen molar-refractivity contribution in [1.29, 1.82) is 0 Å². The summed E-state index contributed by atoms with van der Waals surface area (Å²) in [6.07, 6.45) is 0. The van der Waals surface area contributed by atoms with Crippen LogP contribution in [0.4, 0.5) is 5.69 Å². The molecule has 0 aromatic heterocycles. The summed E-state index contributed by atoms with van der Waals surface area (Å²) in [6, 6.07) is 3.67. The van der Waals surface area contributed by atoms with Gasteiger partial charge in [0.25, 0.3) is 0 Å². The van der Waals surface area contributed by atoms with Crippen molar-refractivity contribution in [2.24, 2.45) is 0 Å². The van der Waals surface area contributed by atoms with Gasteiger partial charge in [-0.25, -0.2) is 0 Å². The zero-order valence-electron chi connectivity index (χ0n) is 6.92. The molecule has 2 N–H and O–H groups in total. The van der Waals surface area contributed by atoms with Crippen molar-refractivity contribution >= 4 is 5.69 Å². The Hall–Kier alpha value is -1.38. The highest BCUT2D eigenvalue weighted by Gasteiger charge is 2.13. The molecule has 1 aliphatic rings. The van der Waals surface area contributed by atoms with E-state index in [1.807, 2.05) is 13.0 Å². The SMILES string of the molecule is Cc1cc(O)c2c(c1)NCCO2. The Bertz CT molecular complexity index is 310. The summed E-state index contributed by atoms with van der Waals surface area (Å²) in [4.78, 5) is 0.